The van der Waals surface area contributed by atoms with Crippen LogP contribution < -0.4 is 10.9 Å². The molecule has 0 fully saturated rings. The van der Waals surface area contributed by atoms with E-state index in [4.69, 9.17) is 10.2 Å². The van der Waals surface area contributed by atoms with Crippen molar-refractivity contribution in [1.82, 2.24) is 10.9 Å². The Balaban J connectivity index is 0.000000921. The second-order valence-corrected chi connectivity index (χ2v) is 4.92. The number of hydrazone groups is 2. The molecule has 0 aromatic heterocycles. The van der Waals surface area contributed by atoms with Crippen LogP contribution in [0.5, 0.6) is 0 Å². The molecular formula is C20H24N4O4. The van der Waals surface area contributed by atoms with Crippen molar-refractivity contribution in [2.75, 3.05) is 0 Å². The SMILES string of the molecule is CC.CC.O=C(O)c1cccc(C2=NNC(c3cccc(C(=O)O)c3)=NN2)c1. The summed E-state index contributed by atoms with van der Waals surface area (Å²) in [5.41, 5.74) is 6.87. The predicted molar refractivity (Wildman–Crippen MR) is 109 cm³/mol. The number of rotatable bonds is 4. The van der Waals surface area contributed by atoms with E-state index in [-0.39, 0.29) is 11.1 Å². The lowest BCUT2D eigenvalue weighted by Gasteiger charge is -2.15. The minimum Gasteiger partial charge on any atom is -0.478 e. The Morgan fingerprint density at radius 1 is 0.714 bits per heavy atom. The summed E-state index contributed by atoms with van der Waals surface area (Å²) in [5.74, 6) is -1.35. The maximum absolute atomic E-state index is 11.0. The summed E-state index contributed by atoms with van der Waals surface area (Å²) in [6, 6.07) is 12.5. The zero-order valence-electron chi connectivity index (χ0n) is 16.2. The number of carbonyl (C=O) groups is 2. The molecule has 8 heteroatoms. The lowest BCUT2D eigenvalue weighted by molar-refractivity contribution is 0.0686. The van der Waals surface area contributed by atoms with Crippen LogP contribution in [-0.4, -0.2) is 33.8 Å². The molecular weight excluding hydrogens is 360 g/mol. The van der Waals surface area contributed by atoms with Crippen LogP contribution in [0.3, 0.4) is 0 Å². The van der Waals surface area contributed by atoms with Gasteiger partial charge in [0.1, 0.15) is 0 Å². The first-order chi connectivity index (χ1) is 13.5. The highest BCUT2D eigenvalue weighted by Crippen LogP contribution is 2.10. The molecule has 0 radical (unpaired) electrons. The fourth-order valence-electron chi connectivity index (χ4n) is 2.12. The van der Waals surface area contributed by atoms with Crippen molar-refractivity contribution >= 4 is 23.6 Å². The lowest BCUT2D eigenvalue weighted by atomic mass is 10.1. The summed E-state index contributed by atoms with van der Waals surface area (Å²) in [7, 11) is 0. The molecule has 1 aliphatic rings. The number of carboxylic acid groups (broad SMARTS) is 2. The zero-order valence-corrected chi connectivity index (χ0v) is 16.2. The number of amidine groups is 2. The lowest BCUT2D eigenvalue weighted by Crippen LogP contribution is -2.34. The molecule has 0 aliphatic carbocycles. The molecule has 28 heavy (non-hydrogen) atoms. The molecule has 8 nitrogen and oxygen atoms in total. The summed E-state index contributed by atoms with van der Waals surface area (Å²) >= 11 is 0. The first-order valence-corrected chi connectivity index (χ1v) is 8.89. The van der Waals surface area contributed by atoms with Crippen LogP contribution in [0.2, 0.25) is 0 Å². The fraction of sp³-hybridized carbons (Fsp3) is 0.200. The van der Waals surface area contributed by atoms with Crippen LogP contribution in [0.25, 0.3) is 0 Å². The summed E-state index contributed by atoms with van der Waals surface area (Å²) in [6.45, 7) is 8.00. The molecule has 148 valence electrons. The van der Waals surface area contributed by atoms with Crippen molar-refractivity contribution in [3.8, 4) is 0 Å². The van der Waals surface area contributed by atoms with E-state index in [0.717, 1.165) is 0 Å². The largest absolute Gasteiger partial charge is 0.478 e. The molecule has 0 bridgehead atoms. The normalized spacial score (nSPS) is 11.7. The van der Waals surface area contributed by atoms with Gasteiger partial charge in [-0.05, 0) is 24.3 Å². The third kappa shape index (κ3) is 5.66. The molecule has 0 amide bonds. The monoisotopic (exact) mass is 384 g/mol. The van der Waals surface area contributed by atoms with Gasteiger partial charge in [-0.3, -0.25) is 10.9 Å². The van der Waals surface area contributed by atoms with Gasteiger partial charge in [0.15, 0.2) is 11.7 Å². The summed E-state index contributed by atoms with van der Waals surface area (Å²) in [6.07, 6.45) is 0. The van der Waals surface area contributed by atoms with Crippen LogP contribution in [0, 0.1) is 0 Å². The first-order valence-electron chi connectivity index (χ1n) is 8.89. The minimum absolute atomic E-state index is 0.140. The number of nitrogens with one attached hydrogen (secondary N) is 2. The standard InChI is InChI=1S/C16H12N4O4.2C2H6/c21-15(22)11-5-1-3-9(7-11)13-17-19-14(20-18-13)10-4-2-6-12(8-10)16(23)24;2*1-2/h1-8H,(H,17,18)(H,19,20)(H,21,22)(H,23,24);2*1-2H3. The van der Waals surface area contributed by atoms with Gasteiger partial charge in [-0.2, -0.15) is 10.2 Å². The van der Waals surface area contributed by atoms with E-state index in [1.807, 2.05) is 27.7 Å². The molecule has 2 aromatic carbocycles. The van der Waals surface area contributed by atoms with Crippen LogP contribution in [0.1, 0.15) is 59.5 Å². The Hall–Kier alpha value is -3.68. The predicted octanol–water partition coefficient (Wildman–Crippen LogP) is 3.35. The minimum atomic E-state index is -1.03. The topological polar surface area (TPSA) is 123 Å². The Kier molecular flexibility index (Phi) is 8.88. The molecule has 0 unspecified atom stereocenters. The highest BCUT2D eigenvalue weighted by molar-refractivity contribution is 6.07. The zero-order chi connectivity index (χ0) is 21.1. The highest BCUT2D eigenvalue weighted by atomic mass is 16.4. The third-order valence-electron chi connectivity index (χ3n) is 3.31. The Morgan fingerprint density at radius 2 is 1.07 bits per heavy atom. The van der Waals surface area contributed by atoms with Crippen LogP contribution in [0.4, 0.5) is 0 Å². The molecule has 3 rings (SSSR count). The van der Waals surface area contributed by atoms with Gasteiger partial charge in [-0.1, -0.05) is 52.0 Å². The number of hydrogen-bond donors (Lipinski definition) is 4. The quantitative estimate of drug-likeness (QED) is 0.641. The second kappa shape index (κ2) is 11.1. The van der Waals surface area contributed by atoms with Gasteiger partial charge in [-0.15, -0.1) is 0 Å². The summed E-state index contributed by atoms with van der Waals surface area (Å²) in [5, 5.41) is 26.3. The molecule has 0 saturated heterocycles. The highest BCUT2D eigenvalue weighted by Gasteiger charge is 2.14. The summed E-state index contributed by atoms with van der Waals surface area (Å²) in [4.78, 5) is 22.0. The van der Waals surface area contributed by atoms with E-state index in [0.29, 0.717) is 22.8 Å². The van der Waals surface area contributed by atoms with Crippen molar-refractivity contribution in [2.45, 2.75) is 27.7 Å². The van der Waals surface area contributed by atoms with Crippen molar-refractivity contribution in [3.63, 3.8) is 0 Å². The Morgan fingerprint density at radius 3 is 1.36 bits per heavy atom. The van der Waals surface area contributed by atoms with Crippen LogP contribution in [0.15, 0.2) is 58.7 Å². The van der Waals surface area contributed by atoms with Crippen molar-refractivity contribution < 1.29 is 19.8 Å². The van der Waals surface area contributed by atoms with Gasteiger partial charge in [0, 0.05) is 11.1 Å². The summed E-state index contributed by atoms with van der Waals surface area (Å²) < 4.78 is 0. The molecule has 2 aromatic rings. The first kappa shape index (κ1) is 22.4. The van der Waals surface area contributed by atoms with Crippen LogP contribution >= 0.6 is 0 Å². The van der Waals surface area contributed by atoms with Gasteiger partial charge in [0.25, 0.3) is 0 Å². The molecule has 0 saturated carbocycles. The Labute approximate surface area is 163 Å². The third-order valence-corrected chi connectivity index (χ3v) is 3.31. The second-order valence-electron chi connectivity index (χ2n) is 4.92. The van der Waals surface area contributed by atoms with E-state index in [9.17, 15) is 9.59 Å². The van der Waals surface area contributed by atoms with Crippen molar-refractivity contribution in [2.24, 2.45) is 10.2 Å². The number of carboxylic acids is 2. The molecule has 0 atom stereocenters. The van der Waals surface area contributed by atoms with E-state index in [2.05, 4.69) is 21.1 Å². The molecule has 0 spiro atoms. The van der Waals surface area contributed by atoms with E-state index in [1.165, 1.54) is 24.3 Å². The smallest absolute Gasteiger partial charge is 0.335 e. The van der Waals surface area contributed by atoms with Gasteiger partial charge in [0.05, 0.1) is 11.1 Å². The van der Waals surface area contributed by atoms with Crippen LogP contribution in [-0.2, 0) is 0 Å². The number of benzene rings is 2. The maximum Gasteiger partial charge on any atom is 0.335 e. The maximum atomic E-state index is 11.0. The fourth-order valence-corrected chi connectivity index (χ4v) is 2.12. The van der Waals surface area contributed by atoms with Gasteiger partial charge < -0.3 is 10.2 Å². The van der Waals surface area contributed by atoms with Gasteiger partial charge >= 0.3 is 11.9 Å². The molecule has 4 N–H and O–H groups in total. The number of nitrogens with zero attached hydrogens (tertiary/aromatic N) is 2. The average Bonchev–Trinajstić information content (AvgIpc) is 2.77. The van der Waals surface area contributed by atoms with Gasteiger partial charge in [-0.25, -0.2) is 9.59 Å². The van der Waals surface area contributed by atoms with E-state index >= 15 is 0 Å². The molecule has 1 aliphatic heterocycles. The van der Waals surface area contributed by atoms with E-state index in [1.54, 1.807) is 24.3 Å². The molecule has 1 heterocycles. The Bertz CT molecular complexity index is 818. The number of hydrogen-bond acceptors (Lipinski definition) is 6. The van der Waals surface area contributed by atoms with E-state index < -0.39 is 11.9 Å². The van der Waals surface area contributed by atoms with Gasteiger partial charge in [0.2, 0.25) is 0 Å². The van der Waals surface area contributed by atoms with Crippen molar-refractivity contribution in [1.29, 1.82) is 0 Å². The number of aromatic carboxylic acids is 2. The average molecular weight is 384 g/mol. The van der Waals surface area contributed by atoms with Crippen molar-refractivity contribution in [3.05, 3.63) is 70.8 Å².